The summed E-state index contributed by atoms with van der Waals surface area (Å²) in [6, 6.07) is 5.44. The minimum atomic E-state index is -0.626. The number of H-pyrrole nitrogens is 1. The van der Waals surface area contributed by atoms with Crippen LogP contribution in [0.2, 0.25) is 0 Å². The summed E-state index contributed by atoms with van der Waals surface area (Å²) in [4.78, 5) is 35.7. The first-order chi connectivity index (χ1) is 12.6. The monoisotopic (exact) mass is 366 g/mol. The molecule has 0 saturated heterocycles. The van der Waals surface area contributed by atoms with Gasteiger partial charge in [-0.3, -0.25) is 14.6 Å². The molecule has 8 nitrogen and oxygen atoms in total. The number of rotatable bonds is 5. The molecule has 4 rings (SSSR count). The number of amides is 2. The predicted octanol–water partition coefficient (Wildman–Crippen LogP) is 2.44. The minimum absolute atomic E-state index is 0.236. The van der Waals surface area contributed by atoms with Gasteiger partial charge in [0.2, 0.25) is 0 Å². The van der Waals surface area contributed by atoms with Crippen molar-refractivity contribution < 1.29 is 9.59 Å². The number of aromatic amines is 1. The third-order valence-corrected chi connectivity index (χ3v) is 4.87. The Morgan fingerprint density at radius 3 is 2.77 bits per heavy atom. The summed E-state index contributed by atoms with van der Waals surface area (Å²) in [6.45, 7) is 0. The van der Waals surface area contributed by atoms with Gasteiger partial charge in [0.05, 0.1) is 5.56 Å². The van der Waals surface area contributed by atoms with E-state index in [2.05, 4.69) is 25.6 Å². The first-order valence-corrected chi connectivity index (χ1v) is 8.58. The van der Waals surface area contributed by atoms with Crippen molar-refractivity contribution in [2.45, 2.75) is 0 Å². The first kappa shape index (κ1) is 16.0. The Hall–Kier alpha value is -3.46. The Morgan fingerprint density at radius 1 is 1.31 bits per heavy atom. The highest BCUT2D eigenvalue weighted by Crippen LogP contribution is 2.29. The topological polar surface area (TPSA) is 125 Å². The number of nitrogens with two attached hydrogens (primary N) is 1. The van der Waals surface area contributed by atoms with Gasteiger partial charge in [-0.05, 0) is 18.2 Å². The highest BCUT2D eigenvalue weighted by Gasteiger charge is 2.20. The molecule has 3 aromatic rings. The van der Waals surface area contributed by atoms with Crippen LogP contribution in [0.15, 0.2) is 34.8 Å². The van der Waals surface area contributed by atoms with E-state index < -0.39 is 11.8 Å². The van der Waals surface area contributed by atoms with Crippen molar-refractivity contribution >= 4 is 57.3 Å². The predicted molar refractivity (Wildman–Crippen MR) is 103 cm³/mol. The average Bonchev–Trinajstić information content (AvgIpc) is 3.16. The number of carbonyl (C=O) groups is 2. The fraction of sp³-hybridized carbons (Fsp3) is 0.0588. The molecular formula is C17H14N6O2S. The zero-order valence-corrected chi connectivity index (χ0v) is 14.5. The second-order valence-corrected chi connectivity index (χ2v) is 6.46. The number of benzene rings is 1. The van der Waals surface area contributed by atoms with Crippen LogP contribution in [0.5, 0.6) is 0 Å². The highest BCUT2D eigenvalue weighted by atomic mass is 32.1. The number of carbonyl (C=O) groups excluding carboxylic acids is 2. The molecule has 0 unspecified atom stereocenters. The molecule has 1 aliphatic rings. The molecule has 130 valence electrons. The lowest BCUT2D eigenvalue weighted by atomic mass is 10.1. The van der Waals surface area contributed by atoms with Gasteiger partial charge in [0.25, 0.3) is 11.8 Å². The summed E-state index contributed by atoms with van der Waals surface area (Å²) >= 11 is 1.35. The maximum atomic E-state index is 12.5. The first-order valence-electron chi connectivity index (χ1n) is 7.70. The van der Waals surface area contributed by atoms with Crippen LogP contribution in [0.3, 0.4) is 0 Å². The van der Waals surface area contributed by atoms with Crippen molar-refractivity contribution in [2.75, 3.05) is 17.7 Å². The van der Waals surface area contributed by atoms with E-state index in [1.807, 2.05) is 12.1 Å². The number of aliphatic imine (C=N–C) groups is 1. The van der Waals surface area contributed by atoms with Crippen LogP contribution in [0, 0.1) is 0 Å². The maximum absolute atomic E-state index is 12.5. The van der Waals surface area contributed by atoms with Crippen LogP contribution < -0.4 is 16.4 Å². The van der Waals surface area contributed by atoms with Gasteiger partial charge in [0.1, 0.15) is 16.5 Å². The Morgan fingerprint density at radius 2 is 2.12 bits per heavy atom. The van der Waals surface area contributed by atoms with E-state index in [4.69, 9.17) is 5.73 Å². The Balaban J connectivity index is 1.67. The van der Waals surface area contributed by atoms with Crippen LogP contribution >= 0.6 is 11.3 Å². The number of nitrogens with one attached hydrogen (secondary N) is 3. The van der Waals surface area contributed by atoms with Crippen molar-refractivity contribution in [2.24, 2.45) is 10.7 Å². The Bertz CT molecular complexity index is 1110. The summed E-state index contributed by atoms with van der Waals surface area (Å²) in [6.07, 6.45) is 3.37. The molecule has 0 bridgehead atoms. The molecule has 0 atom stereocenters. The normalized spacial score (nSPS) is 12.6. The molecule has 2 amide bonds. The number of allylic oxidation sites excluding steroid dienone is 1. The SMILES string of the molecule is CNc1ccc2c(C(N)=O)c(NC(=O)c3csc(C4=CN=C4)n3)[nH]c2c1. The zero-order valence-electron chi connectivity index (χ0n) is 13.7. The fourth-order valence-corrected chi connectivity index (χ4v) is 3.43. The third kappa shape index (κ3) is 2.64. The molecule has 0 saturated carbocycles. The smallest absolute Gasteiger partial charge is 0.276 e. The summed E-state index contributed by atoms with van der Waals surface area (Å²) in [5, 5.41) is 8.73. The quantitative estimate of drug-likeness (QED) is 0.553. The average molecular weight is 366 g/mol. The van der Waals surface area contributed by atoms with Crippen LogP contribution in [0.25, 0.3) is 16.5 Å². The second kappa shape index (κ2) is 6.12. The van der Waals surface area contributed by atoms with E-state index in [1.54, 1.807) is 30.9 Å². The van der Waals surface area contributed by atoms with Crippen LogP contribution in [-0.2, 0) is 0 Å². The lowest BCUT2D eigenvalue weighted by molar-refractivity contribution is 0.100. The van der Waals surface area contributed by atoms with Gasteiger partial charge in [-0.1, -0.05) is 0 Å². The highest BCUT2D eigenvalue weighted by molar-refractivity contribution is 7.11. The Kier molecular flexibility index (Phi) is 3.77. The largest absolute Gasteiger partial charge is 0.388 e. The van der Waals surface area contributed by atoms with Crippen molar-refractivity contribution in [3.05, 3.63) is 46.0 Å². The van der Waals surface area contributed by atoms with E-state index in [0.717, 1.165) is 16.3 Å². The number of nitrogens with zero attached hydrogens (tertiary/aromatic N) is 2. The lowest BCUT2D eigenvalue weighted by Gasteiger charge is -2.03. The lowest BCUT2D eigenvalue weighted by Crippen LogP contribution is -2.18. The zero-order chi connectivity index (χ0) is 18.3. The van der Waals surface area contributed by atoms with Crippen LogP contribution in [0.1, 0.15) is 25.9 Å². The van der Waals surface area contributed by atoms with E-state index in [0.29, 0.717) is 10.9 Å². The molecule has 2 aromatic heterocycles. The van der Waals surface area contributed by atoms with Crippen molar-refractivity contribution in [1.29, 1.82) is 0 Å². The van der Waals surface area contributed by atoms with Crippen LogP contribution in [0.4, 0.5) is 11.5 Å². The minimum Gasteiger partial charge on any atom is -0.388 e. The number of hydrogen-bond acceptors (Lipinski definition) is 6. The number of hydrogen-bond donors (Lipinski definition) is 4. The molecule has 9 heteroatoms. The van der Waals surface area contributed by atoms with Gasteiger partial charge in [-0.15, -0.1) is 11.3 Å². The molecule has 26 heavy (non-hydrogen) atoms. The summed E-state index contributed by atoms with van der Waals surface area (Å²) in [5.41, 5.74) is 8.46. The molecular weight excluding hydrogens is 352 g/mol. The van der Waals surface area contributed by atoms with E-state index in [9.17, 15) is 9.59 Å². The second-order valence-electron chi connectivity index (χ2n) is 5.60. The van der Waals surface area contributed by atoms with E-state index in [1.165, 1.54) is 11.3 Å². The van der Waals surface area contributed by atoms with Gasteiger partial charge in [0, 0.05) is 47.0 Å². The van der Waals surface area contributed by atoms with Gasteiger partial charge >= 0.3 is 0 Å². The molecule has 0 radical (unpaired) electrons. The number of fused-ring (bicyclic) bond motifs is 1. The standard InChI is InChI=1S/C17H14N6O2S/c1-19-9-2-3-10-11(4-9)21-15(13(10)14(18)24)23-16(25)12-7-26-17(22-12)8-5-20-6-8/h2-7,19,21H,1H3,(H2,18,24)(H,23,25). The van der Waals surface area contributed by atoms with Crippen LogP contribution in [-0.4, -0.2) is 35.0 Å². The summed E-state index contributed by atoms with van der Waals surface area (Å²) < 4.78 is 0. The Labute approximate surface area is 151 Å². The number of aromatic nitrogens is 2. The molecule has 0 spiro atoms. The molecule has 3 heterocycles. The fourth-order valence-electron chi connectivity index (χ4n) is 2.65. The van der Waals surface area contributed by atoms with Gasteiger partial charge in [-0.2, -0.15) is 0 Å². The van der Waals surface area contributed by atoms with E-state index >= 15 is 0 Å². The van der Waals surface area contributed by atoms with Gasteiger partial charge in [0.15, 0.2) is 0 Å². The van der Waals surface area contributed by atoms with Crippen molar-refractivity contribution in [3.63, 3.8) is 0 Å². The molecule has 1 aromatic carbocycles. The van der Waals surface area contributed by atoms with E-state index in [-0.39, 0.29) is 17.1 Å². The van der Waals surface area contributed by atoms with Gasteiger partial charge < -0.3 is 21.4 Å². The summed E-state index contributed by atoms with van der Waals surface area (Å²) in [5.74, 6) is -0.796. The number of primary amides is 1. The van der Waals surface area contributed by atoms with Crippen molar-refractivity contribution in [3.8, 4) is 0 Å². The summed E-state index contributed by atoms with van der Waals surface area (Å²) in [7, 11) is 1.80. The molecule has 0 fully saturated rings. The van der Waals surface area contributed by atoms with Crippen molar-refractivity contribution in [1.82, 2.24) is 9.97 Å². The number of thiazole rings is 1. The molecule has 0 aliphatic carbocycles. The number of anilines is 2. The third-order valence-electron chi connectivity index (χ3n) is 3.98. The maximum Gasteiger partial charge on any atom is 0.276 e. The molecule has 1 aliphatic heterocycles. The molecule has 5 N–H and O–H groups in total. The van der Waals surface area contributed by atoms with Gasteiger partial charge in [-0.25, -0.2) is 4.98 Å².